The molecular weight excluding hydrogens is 264 g/mol. The molecule has 2 rings (SSSR count). The van der Waals surface area contributed by atoms with Gasteiger partial charge in [0.05, 0.1) is 0 Å². The molecule has 0 aliphatic carbocycles. The minimum Gasteiger partial charge on any atom is -0.373 e. The summed E-state index contributed by atoms with van der Waals surface area (Å²) >= 11 is 5.69. The highest BCUT2D eigenvalue weighted by molar-refractivity contribution is 6.29. The van der Waals surface area contributed by atoms with E-state index in [1.54, 1.807) is 37.6 Å². The number of hydrogen-bond acceptors (Lipinski definition) is 4. The number of nitrogens with one attached hydrogen (secondary N) is 2. The van der Waals surface area contributed by atoms with Gasteiger partial charge in [-0.05, 0) is 23.8 Å². The number of rotatable bonds is 4. The highest BCUT2D eigenvalue weighted by Gasteiger charge is 2.06. The largest absolute Gasteiger partial charge is 0.373 e. The molecule has 2 aromatic heterocycles. The van der Waals surface area contributed by atoms with Gasteiger partial charge in [0.1, 0.15) is 11.0 Å². The molecule has 2 aromatic rings. The number of anilines is 1. The van der Waals surface area contributed by atoms with Crippen LogP contribution in [0.2, 0.25) is 5.15 Å². The summed E-state index contributed by atoms with van der Waals surface area (Å²) in [6.07, 6.45) is 3.22. The fourth-order valence-electron chi connectivity index (χ4n) is 1.50. The zero-order valence-electron chi connectivity index (χ0n) is 10.4. The van der Waals surface area contributed by atoms with E-state index in [0.29, 0.717) is 23.1 Å². The maximum absolute atomic E-state index is 11.9. The van der Waals surface area contributed by atoms with Crippen molar-refractivity contribution in [1.82, 2.24) is 15.3 Å². The summed E-state index contributed by atoms with van der Waals surface area (Å²) in [7, 11) is 1.75. The van der Waals surface area contributed by atoms with Crippen molar-refractivity contribution in [3.8, 4) is 0 Å². The van der Waals surface area contributed by atoms with Crippen LogP contribution in [0.5, 0.6) is 0 Å². The average Bonchev–Trinajstić information content (AvgIpc) is 2.46. The van der Waals surface area contributed by atoms with Crippen LogP contribution in [0, 0.1) is 0 Å². The van der Waals surface area contributed by atoms with Gasteiger partial charge in [0.2, 0.25) is 0 Å². The molecule has 0 fully saturated rings. The first-order valence-electron chi connectivity index (χ1n) is 5.71. The fourth-order valence-corrected chi connectivity index (χ4v) is 1.62. The van der Waals surface area contributed by atoms with Crippen LogP contribution in [-0.4, -0.2) is 22.9 Å². The number of hydrogen-bond donors (Lipinski definition) is 2. The molecule has 2 N–H and O–H groups in total. The van der Waals surface area contributed by atoms with Crippen molar-refractivity contribution in [2.45, 2.75) is 6.54 Å². The first-order valence-corrected chi connectivity index (χ1v) is 6.09. The lowest BCUT2D eigenvalue weighted by Gasteiger charge is -2.06. The molecule has 0 aromatic carbocycles. The minimum absolute atomic E-state index is 0.158. The Morgan fingerprint density at radius 2 is 2.16 bits per heavy atom. The summed E-state index contributed by atoms with van der Waals surface area (Å²) in [5.41, 5.74) is 1.45. The van der Waals surface area contributed by atoms with Crippen LogP contribution in [0.3, 0.4) is 0 Å². The SMILES string of the molecule is CNc1cc(C(=O)NCc2ccc(Cl)nc2)ccn1. The lowest BCUT2D eigenvalue weighted by molar-refractivity contribution is 0.0951. The van der Waals surface area contributed by atoms with E-state index in [1.165, 1.54) is 0 Å². The van der Waals surface area contributed by atoms with Crippen molar-refractivity contribution in [3.63, 3.8) is 0 Å². The summed E-state index contributed by atoms with van der Waals surface area (Å²) in [6.45, 7) is 0.403. The number of amides is 1. The predicted octanol–water partition coefficient (Wildman–Crippen LogP) is 2.10. The van der Waals surface area contributed by atoms with Gasteiger partial charge in [-0.1, -0.05) is 17.7 Å². The van der Waals surface area contributed by atoms with Crippen molar-refractivity contribution in [2.24, 2.45) is 0 Å². The third-order valence-electron chi connectivity index (χ3n) is 2.52. The fraction of sp³-hybridized carbons (Fsp3) is 0.154. The minimum atomic E-state index is -0.158. The van der Waals surface area contributed by atoms with Gasteiger partial charge in [0.15, 0.2) is 0 Å². The van der Waals surface area contributed by atoms with Gasteiger partial charge in [0, 0.05) is 31.5 Å². The van der Waals surface area contributed by atoms with Gasteiger partial charge >= 0.3 is 0 Å². The Morgan fingerprint density at radius 3 is 2.84 bits per heavy atom. The van der Waals surface area contributed by atoms with E-state index in [1.807, 2.05) is 6.07 Å². The lowest BCUT2D eigenvalue weighted by Crippen LogP contribution is -2.23. The molecule has 0 aliphatic rings. The van der Waals surface area contributed by atoms with Gasteiger partial charge < -0.3 is 10.6 Å². The van der Waals surface area contributed by atoms with Crippen LogP contribution in [-0.2, 0) is 6.54 Å². The zero-order chi connectivity index (χ0) is 13.7. The molecule has 98 valence electrons. The number of aromatic nitrogens is 2. The van der Waals surface area contributed by atoms with Gasteiger partial charge in [0.25, 0.3) is 5.91 Å². The second-order valence-electron chi connectivity index (χ2n) is 3.85. The Morgan fingerprint density at radius 1 is 1.32 bits per heavy atom. The molecule has 5 nitrogen and oxygen atoms in total. The van der Waals surface area contributed by atoms with E-state index in [9.17, 15) is 4.79 Å². The van der Waals surface area contributed by atoms with Crippen molar-refractivity contribution < 1.29 is 4.79 Å². The Balaban J connectivity index is 1.99. The second kappa shape index (κ2) is 6.15. The van der Waals surface area contributed by atoms with E-state index in [-0.39, 0.29) is 5.91 Å². The maximum atomic E-state index is 11.9. The molecule has 19 heavy (non-hydrogen) atoms. The molecular formula is C13H13ClN4O. The highest BCUT2D eigenvalue weighted by atomic mass is 35.5. The monoisotopic (exact) mass is 276 g/mol. The lowest BCUT2D eigenvalue weighted by atomic mass is 10.2. The van der Waals surface area contributed by atoms with Gasteiger partial charge in [-0.3, -0.25) is 4.79 Å². The second-order valence-corrected chi connectivity index (χ2v) is 4.24. The number of pyridine rings is 2. The topological polar surface area (TPSA) is 66.9 Å². The van der Waals surface area contributed by atoms with E-state index in [0.717, 1.165) is 5.56 Å². The van der Waals surface area contributed by atoms with Gasteiger partial charge in [-0.2, -0.15) is 0 Å². The van der Waals surface area contributed by atoms with Crippen LogP contribution in [0.15, 0.2) is 36.7 Å². The molecule has 2 heterocycles. The van der Waals surface area contributed by atoms with Gasteiger partial charge in [-0.15, -0.1) is 0 Å². The summed E-state index contributed by atoms with van der Waals surface area (Å²) in [4.78, 5) is 19.9. The number of carbonyl (C=O) groups is 1. The van der Waals surface area contributed by atoms with Crippen LogP contribution < -0.4 is 10.6 Å². The van der Waals surface area contributed by atoms with Crippen molar-refractivity contribution in [1.29, 1.82) is 0 Å². The molecule has 1 amide bonds. The maximum Gasteiger partial charge on any atom is 0.251 e. The normalized spacial score (nSPS) is 10.0. The smallest absolute Gasteiger partial charge is 0.251 e. The third kappa shape index (κ3) is 3.66. The molecule has 0 aliphatic heterocycles. The Kier molecular flexibility index (Phi) is 4.30. The van der Waals surface area contributed by atoms with E-state index < -0.39 is 0 Å². The first kappa shape index (κ1) is 13.3. The van der Waals surface area contributed by atoms with Crippen molar-refractivity contribution >= 4 is 23.3 Å². The van der Waals surface area contributed by atoms with Crippen LogP contribution >= 0.6 is 11.6 Å². The molecule has 0 saturated heterocycles. The Hall–Kier alpha value is -2.14. The zero-order valence-corrected chi connectivity index (χ0v) is 11.1. The Bertz CT molecular complexity index is 571. The number of carbonyl (C=O) groups excluding carboxylic acids is 1. The number of nitrogens with zero attached hydrogens (tertiary/aromatic N) is 2. The van der Waals surface area contributed by atoms with Crippen molar-refractivity contribution in [2.75, 3.05) is 12.4 Å². The molecule has 0 saturated carbocycles. The summed E-state index contributed by atoms with van der Waals surface area (Å²) in [6, 6.07) is 6.86. The van der Waals surface area contributed by atoms with Crippen LogP contribution in [0.25, 0.3) is 0 Å². The summed E-state index contributed by atoms with van der Waals surface area (Å²) in [5, 5.41) is 6.13. The van der Waals surface area contributed by atoms with E-state index in [4.69, 9.17) is 11.6 Å². The molecule has 0 unspecified atom stereocenters. The summed E-state index contributed by atoms with van der Waals surface area (Å²) < 4.78 is 0. The average molecular weight is 277 g/mol. The highest BCUT2D eigenvalue weighted by Crippen LogP contribution is 2.07. The summed E-state index contributed by atoms with van der Waals surface area (Å²) in [5.74, 6) is 0.495. The predicted molar refractivity (Wildman–Crippen MR) is 74.2 cm³/mol. The van der Waals surface area contributed by atoms with Gasteiger partial charge in [-0.25, -0.2) is 9.97 Å². The molecule has 0 radical (unpaired) electrons. The molecule has 6 heteroatoms. The number of halogens is 1. The Labute approximate surface area is 116 Å². The van der Waals surface area contributed by atoms with Crippen molar-refractivity contribution in [3.05, 3.63) is 52.9 Å². The van der Waals surface area contributed by atoms with Crippen LogP contribution in [0.4, 0.5) is 5.82 Å². The molecule has 0 atom stereocenters. The standard InChI is InChI=1S/C13H13ClN4O/c1-15-12-6-10(4-5-16-12)13(19)18-8-9-2-3-11(14)17-7-9/h2-7H,8H2,1H3,(H,15,16)(H,18,19). The molecule has 0 spiro atoms. The molecule has 0 bridgehead atoms. The van der Waals surface area contributed by atoms with E-state index in [2.05, 4.69) is 20.6 Å². The van der Waals surface area contributed by atoms with E-state index >= 15 is 0 Å². The van der Waals surface area contributed by atoms with Crippen LogP contribution in [0.1, 0.15) is 15.9 Å². The third-order valence-corrected chi connectivity index (χ3v) is 2.74. The first-order chi connectivity index (χ1) is 9.19. The quantitative estimate of drug-likeness (QED) is 0.840.